The van der Waals surface area contributed by atoms with E-state index in [4.69, 9.17) is 4.74 Å². The summed E-state index contributed by atoms with van der Waals surface area (Å²) in [5, 5.41) is 0. The van der Waals surface area contributed by atoms with Crippen molar-refractivity contribution in [2.24, 2.45) is 0 Å². The number of rotatable bonds is 5. The minimum absolute atomic E-state index is 0.321. The second-order valence-corrected chi connectivity index (χ2v) is 7.14. The number of fused-ring (bicyclic) bond motifs is 1. The van der Waals surface area contributed by atoms with Crippen LogP contribution < -0.4 is 0 Å². The van der Waals surface area contributed by atoms with Gasteiger partial charge in [0, 0.05) is 50.7 Å². The van der Waals surface area contributed by atoms with Crippen LogP contribution in [-0.4, -0.2) is 58.1 Å². The molecule has 2 aliphatic rings. The summed E-state index contributed by atoms with van der Waals surface area (Å²) in [5.74, 6) is 0. The lowest BCUT2D eigenvalue weighted by Crippen LogP contribution is -2.49. The first-order valence-electron chi connectivity index (χ1n) is 9.17. The Morgan fingerprint density at radius 1 is 1.08 bits per heavy atom. The summed E-state index contributed by atoms with van der Waals surface area (Å²) >= 11 is 0. The van der Waals surface area contributed by atoms with E-state index in [-0.39, 0.29) is 0 Å². The fourth-order valence-corrected chi connectivity index (χ4v) is 3.93. The number of piperazine rings is 1. The number of aromatic nitrogens is 2. The Balaban J connectivity index is 1.28. The molecule has 2 aromatic rings. The van der Waals surface area contributed by atoms with Gasteiger partial charge in [0.1, 0.15) is 0 Å². The zero-order valence-corrected chi connectivity index (χ0v) is 14.8. The van der Waals surface area contributed by atoms with Gasteiger partial charge in [0.15, 0.2) is 0 Å². The second kappa shape index (κ2) is 7.60. The van der Waals surface area contributed by atoms with Crippen LogP contribution in [-0.2, 0) is 17.9 Å². The molecule has 2 saturated heterocycles. The van der Waals surface area contributed by atoms with Gasteiger partial charge < -0.3 is 4.74 Å². The van der Waals surface area contributed by atoms with Crippen molar-refractivity contribution in [3.05, 3.63) is 59.7 Å². The van der Waals surface area contributed by atoms with Crippen LogP contribution in [0.3, 0.4) is 0 Å². The molecule has 132 valence electrons. The van der Waals surface area contributed by atoms with E-state index in [1.165, 1.54) is 0 Å². The Morgan fingerprint density at radius 2 is 2.00 bits per heavy atom. The summed E-state index contributed by atoms with van der Waals surface area (Å²) in [7, 11) is 0. The Kier molecular flexibility index (Phi) is 5.06. The highest BCUT2D eigenvalue weighted by Gasteiger charge is 2.36. The molecule has 0 radical (unpaired) electrons. The topological polar surface area (TPSA) is 41.5 Å². The lowest BCUT2D eigenvalue weighted by molar-refractivity contribution is 0.0439. The Morgan fingerprint density at radius 3 is 2.84 bits per heavy atom. The maximum Gasteiger partial charge on any atom is 0.0892 e. The molecule has 0 aromatic carbocycles. The Bertz CT molecular complexity index is 693. The molecule has 2 atom stereocenters. The van der Waals surface area contributed by atoms with Gasteiger partial charge in [-0.1, -0.05) is 12.1 Å². The van der Waals surface area contributed by atoms with E-state index in [0.29, 0.717) is 18.8 Å². The molecule has 4 heterocycles. The van der Waals surface area contributed by atoms with E-state index >= 15 is 0 Å². The van der Waals surface area contributed by atoms with Crippen LogP contribution in [0.4, 0.5) is 0 Å². The smallest absolute Gasteiger partial charge is 0.0892 e. The van der Waals surface area contributed by atoms with Crippen molar-refractivity contribution >= 4 is 0 Å². The molecule has 5 nitrogen and oxygen atoms in total. The summed E-state index contributed by atoms with van der Waals surface area (Å²) in [6, 6.07) is 12.9. The summed E-state index contributed by atoms with van der Waals surface area (Å²) < 4.78 is 6.15. The van der Waals surface area contributed by atoms with Crippen LogP contribution in [0.25, 0.3) is 0 Å². The standard InChI is InChI=1S/C20H26N4O/c1-16-5-4-7-18(22-16)15-25-20-11-19-13-23(9-10-24(19)14-20)12-17-6-2-3-8-21-17/h2-8,19-20H,9-15H2,1H3/t19-,20+/m1/s1. The predicted octanol–water partition coefficient (Wildman–Crippen LogP) is 2.26. The summed E-state index contributed by atoms with van der Waals surface area (Å²) in [5.41, 5.74) is 3.24. The zero-order chi connectivity index (χ0) is 17.1. The molecule has 0 unspecified atom stereocenters. The van der Waals surface area contributed by atoms with Gasteiger partial charge in [-0.25, -0.2) is 0 Å². The molecular weight excluding hydrogens is 312 g/mol. The maximum atomic E-state index is 6.15. The van der Waals surface area contributed by atoms with Crippen LogP contribution in [0.15, 0.2) is 42.6 Å². The maximum absolute atomic E-state index is 6.15. The van der Waals surface area contributed by atoms with E-state index < -0.39 is 0 Å². The van der Waals surface area contributed by atoms with Crippen molar-refractivity contribution < 1.29 is 4.74 Å². The van der Waals surface area contributed by atoms with Gasteiger partial charge >= 0.3 is 0 Å². The van der Waals surface area contributed by atoms with Crippen LogP contribution in [0.1, 0.15) is 23.5 Å². The van der Waals surface area contributed by atoms with E-state index in [1.807, 2.05) is 31.3 Å². The number of ether oxygens (including phenoxy) is 1. The zero-order valence-electron chi connectivity index (χ0n) is 14.8. The minimum Gasteiger partial charge on any atom is -0.371 e. The van der Waals surface area contributed by atoms with Crippen molar-refractivity contribution in [3.63, 3.8) is 0 Å². The van der Waals surface area contributed by atoms with Crippen LogP contribution in [0.5, 0.6) is 0 Å². The number of pyridine rings is 2. The molecule has 2 aromatic heterocycles. The third kappa shape index (κ3) is 4.24. The van der Waals surface area contributed by atoms with E-state index in [0.717, 1.165) is 56.2 Å². The number of hydrogen-bond acceptors (Lipinski definition) is 5. The predicted molar refractivity (Wildman–Crippen MR) is 97.0 cm³/mol. The third-order valence-electron chi connectivity index (χ3n) is 5.19. The first-order valence-corrected chi connectivity index (χ1v) is 9.17. The number of hydrogen-bond donors (Lipinski definition) is 0. The summed E-state index contributed by atoms with van der Waals surface area (Å²) in [6.07, 6.45) is 3.32. The lowest BCUT2D eigenvalue weighted by Gasteiger charge is -2.37. The number of nitrogens with zero attached hydrogens (tertiary/aromatic N) is 4. The molecule has 2 aliphatic heterocycles. The average Bonchev–Trinajstić information content (AvgIpc) is 3.03. The van der Waals surface area contributed by atoms with Crippen molar-refractivity contribution in [1.29, 1.82) is 0 Å². The monoisotopic (exact) mass is 338 g/mol. The molecule has 0 spiro atoms. The van der Waals surface area contributed by atoms with Gasteiger partial charge in [-0.2, -0.15) is 0 Å². The van der Waals surface area contributed by atoms with E-state index in [9.17, 15) is 0 Å². The number of aryl methyl sites for hydroxylation is 1. The quantitative estimate of drug-likeness (QED) is 0.836. The molecule has 2 fully saturated rings. The normalized spacial score (nSPS) is 24.4. The van der Waals surface area contributed by atoms with Crippen LogP contribution in [0.2, 0.25) is 0 Å². The van der Waals surface area contributed by atoms with Crippen LogP contribution >= 0.6 is 0 Å². The molecule has 0 aliphatic carbocycles. The van der Waals surface area contributed by atoms with Gasteiger partial charge in [0.05, 0.1) is 24.1 Å². The van der Waals surface area contributed by atoms with Gasteiger partial charge in [-0.15, -0.1) is 0 Å². The second-order valence-electron chi connectivity index (χ2n) is 7.14. The highest BCUT2D eigenvalue weighted by atomic mass is 16.5. The molecule has 4 rings (SSSR count). The lowest BCUT2D eigenvalue weighted by atomic mass is 10.1. The molecule has 25 heavy (non-hydrogen) atoms. The minimum atomic E-state index is 0.321. The molecule has 0 N–H and O–H groups in total. The fourth-order valence-electron chi connectivity index (χ4n) is 3.93. The van der Waals surface area contributed by atoms with Crippen LogP contribution in [0, 0.1) is 6.92 Å². The molecule has 0 bridgehead atoms. The first-order chi connectivity index (χ1) is 12.3. The van der Waals surface area contributed by atoms with Gasteiger partial charge in [0.25, 0.3) is 0 Å². The summed E-state index contributed by atoms with van der Waals surface area (Å²) in [6.45, 7) is 7.98. The average molecular weight is 338 g/mol. The molecule has 0 amide bonds. The van der Waals surface area contributed by atoms with Crippen molar-refractivity contribution in [2.45, 2.75) is 38.6 Å². The Hall–Kier alpha value is -1.82. The SMILES string of the molecule is Cc1cccc(CO[C@H]2C[C@@H]3CN(Cc4ccccn4)CCN3C2)n1. The fraction of sp³-hybridized carbons (Fsp3) is 0.500. The first kappa shape index (κ1) is 16.6. The van der Waals surface area contributed by atoms with Gasteiger partial charge in [-0.3, -0.25) is 19.8 Å². The van der Waals surface area contributed by atoms with Gasteiger partial charge in [-0.05, 0) is 37.6 Å². The highest BCUT2D eigenvalue weighted by molar-refractivity contribution is 5.09. The van der Waals surface area contributed by atoms with E-state index in [1.54, 1.807) is 0 Å². The molecule has 5 heteroatoms. The molecule has 0 saturated carbocycles. The van der Waals surface area contributed by atoms with Crippen molar-refractivity contribution in [3.8, 4) is 0 Å². The van der Waals surface area contributed by atoms with E-state index in [2.05, 4.69) is 38.0 Å². The summed E-state index contributed by atoms with van der Waals surface area (Å²) in [4.78, 5) is 14.1. The molecular formula is C20H26N4O. The Labute approximate surface area is 149 Å². The van der Waals surface area contributed by atoms with Crippen molar-refractivity contribution in [2.75, 3.05) is 26.2 Å². The highest BCUT2D eigenvalue weighted by Crippen LogP contribution is 2.25. The van der Waals surface area contributed by atoms with Crippen molar-refractivity contribution in [1.82, 2.24) is 19.8 Å². The van der Waals surface area contributed by atoms with Gasteiger partial charge in [0.2, 0.25) is 0 Å². The third-order valence-corrected chi connectivity index (χ3v) is 5.19. The largest absolute Gasteiger partial charge is 0.371 e.